The first kappa shape index (κ1) is 13.9. The lowest BCUT2D eigenvalue weighted by Gasteiger charge is -2.25. The molecule has 0 spiro atoms. The number of fused-ring (bicyclic) bond motifs is 1. The van der Waals surface area contributed by atoms with Crippen molar-refractivity contribution in [3.8, 4) is 0 Å². The zero-order valence-corrected chi connectivity index (χ0v) is 12.6. The van der Waals surface area contributed by atoms with E-state index < -0.39 is 0 Å². The van der Waals surface area contributed by atoms with Crippen molar-refractivity contribution >= 4 is 27.7 Å². The van der Waals surface area contributed by atoms with E-state index in [9.17, 15) is 9.59 Å². The summed E-state index contributed by atoms with van der Waals surface area (Å²) >= 11 is 3.16. The highest BCUT2D eigenvalue weighted by Gasteiger charge is 2.25. The maximum Gasteiger partial charge on any atom is 0.287 e. The Morgan fingerprint density at radius 3 is 2.90 bits per heavy atom. The van der Waals surface area contributed by atoms with Crippen LogP contribution in [0.3, 0.4) is 0 Å². The third-order valence-corrected chi connectivity index (χ3v) is 3.89. The Hall–Kier alpha value is -2.08. The van der Waals surface area contributed by atoms with Gasteiger partial charge >= 0.3 is 0 Å². The van der Waals surface area contributed by atoms with Crippen molar-refractivity contribution in [2.75, 3.05) is 13.1 Å². The molecule has 0 saturated heterocycles. The molecule has 1 aliphatic heterocycles. The second-order valence-corrected chi connectivity index (χ2v) is 5.59. The van der Waals surface area contributed by atoms with E-state index in [2.05, 4.69) is 26.6 Å². The number of amides is 2. The molecular weight excluding hydrogens is 336 g/mol. The highest BCUT2D eigenvalue weighted by molar-refractivity contribution is 9.10. The Morgan fingerprint density at radius 1 is 1.33 bits per heavy atom. The minimum atomic E-state index is -0.268. The van der Waals surface area contributed by atoms with Crippen molar-refractivity contribution < 1.29 is 14.0 Å². The van der Waals surface area contributed by atoms with E-state index in [0.29, 0.717) is 23.3 Å². The van der Waals surface area contributed by atoms with Gasteiger partial charge in [0.05, 0.1) is 0 Å². The van der Waals surface area contributed by atoms with Crippen LogP contribution >= 0.6 is 15.9 Å². The zero-order valence-electron chi connectivity index (χ0n) is 11.1. The molecule has 21 heavy (non-hydrogen) atoms. The molecule has 5 nitrogen and oxygen atoms in total. The molecule has 1 aliphatic rings. The van der Waals surface area contributed by atoms with Gasteiger partial charge in [0.1, 0.15) is 0 Å². The van der Waals surface area contributed by atoms with E-state index in [0.717, 1.165) is 5.56 Å². The lowest BCUT2D eigenvalue weighted by atomic mass is 9.90. The largest absolute Gasteiger partial charge is 0.444 e. The van der Waals surface area contributed by atoms with Gasteiger partial charge in [0.2, 0.25) is 0 Å². The molecule has 0 aliphatic carbocycles. The van der Waals surface area contributed by atoms with Crippen molar-refractivity contribution in [1.29, 1.82) is 0 Å². The molecule has 0 bridgehead atoms. The summed E-state index contributed by atoms with van der Waals surface area (Å²) in [6.45, 7) is 0.951. The number of nitrogens with one attached hydrogen (secondary N) is 2. The summed E-state index contributed by atoms with van der Waals surface area (Å²) in [4.78, 5) is 23.7. The molecule has 2 N–H and O–H groups in total. The first-order valence-corrected chi connectivity index (χ1v) is 7.35. The molecule has 2 aromatic rings. The van der Waals surface area contributed by atoms with Crippen molar-refractivity contribution in [2.24, 2.45) is 0 Å². The summed E-state index contributed by atoms with van der Waals surface area (Å²) < 4.78 is 5.72. The van der Waals surface area contributed by atoms with E-state index >= 15 is 0 Å². The van der Waals surface area contributed by atoms with E-state index in [1.54, 1.807) is 18.2 Å². The van der Waals surface area contributed by atoms with Crippen LogP contribution in [0.25, 0.3) is 0 Å². The first-order valence-electron chi connectivity index (χ1n) is 6.56. The van der Waals surface area contributed by atoms with Crippen LogP contribution in [0.5, 0.6) is 0 Å². The lowest BCUT2D eigenvalue weighted by molar-refractivity contribution is 0.0918. The van der Waals surface area contributed by atoms with Gasteiger partial charge in [-0.15, -0.1) is 0 Å². The second-order valence-electron chi connectivity index (χ2n) is 4.81. The van der Waals surface area contributed by atoms with Gasteiger partial charge in [0, 0.05) is 24.6 Å². The Balaban J connectivity index is 1.70. The summed E-state index contributed by atoms with van der Waals surface area (Å²) in [7, 11) is 0. The van der Waals surface area contributed by atoms with Crippen LogP contribution in [0.4, 0.5) is 0 Å². The van der Waals surface area contributed by atoms with Gasteiger partial charge < -0.3 is 15.1 Å². The van der Waals surface area contributed by atoms with Crippen LogP contribution in [0.2, 0.25) is 0 Å². The number of benzene rings is 1. The second kappa shape index (κ2) is 5.73. The monoisotopic (exact) mass is 348 g/mol. The Bertz CT molecular complexity index is 696. The molecule has 0 radical (unpaired) electrons. The molecule has 1 aromatic heterocycles. The summed E-state index contributed by atoms with van der Waals surface area (Å²) in [5.74, 6) is -0.0190. The molecule has 0 saturated carbocycles. The standard InChI is InChI=1S/C15H13BrN2O3/c16-13-6-5-12(21-13)15(20)18-8-9-7-17-14(19)11-4-2-1-3-10(9)11/h1-6,9H,7-8H2,(H,17,19)(H,18,20). The number of rotatable bonds is 3. The predicted octanol–water partition coefficient (Wildman–Crippen LogP) is 2.30. The Labute approximate surface area is 129 Å². The van der Waals surface area contributed by atoms with Gasteiger partial charge in [-0.1, -0.05) is 18.2 Å². The number of halogens is 1. The maximum atomic E-state index is 12.0. The fourth-order valence-electron chi connectivity index (χ4n) is 2.40. The van der Waals surface area contributed by atoms with Crippen LogP contribution in [-0.2, 0) is 0 Å². The average Bonchev–Trinajstić information content (AvgIpc) is 2.93. The highest BCUT2D eigenvalue weighted by Crippen LogP contribution is 2.23. The van der Waals surface area contributed by atoms with Crippen LogP contribution < -0.4 is 10.6 Å². The van der Waals surface area contributed by atoms with Gasteiger partial charge in [-0.2, -0.15) is 0 Å². The van der Waals surface area contributed by atoms with Gasteiger partial charge in [0.15, 0.2) is 10.4 Å². The number of furan rings is 1. The number of carbonyl (C=O) groups is 2. The Kier molecular flexibility index (Phi) is 3.79. The van der Waals surface area contributed by atoms with E-state index in [1.807, 2.05) is 18.2 Å². The molecule has 3 rings (SSSR count). The third kappa shape index (κ3) is 2.85. The van der Waals surface area contributed by atoms with Crippen LogP contribution in [0, 0.1) is 0 Å². The smallest absolute Gasteiger partial charge is 0.287 e. The molecule has 2 amide bonds. The fraction of sp³-hybridized carbons (Fsp3) is 0.200. The summed E-state index contributed by atoms with van der Waals surface area (Å²) in [6, 6.07) is 10.7. The fourth-order valence-corrected chi connectivity index (χ4v) is 2.71. The molecule has 108 valence electrons. The van der Waals surface area contributed by atoms with E-state index in [1.165, 1.54) is 0 Å². The van der Waals surface area contributed by atoms with Crippen molar-refractivity contribution in [3.63, 3.8) is 0 Å². The number of hydrogen-bond donors (Lipinski definition) is 2. The average molecular weight is 349 g/mol. The van der Waals surface area contributed by atoms with Crippen LogP contribution in [0.1, 0.15) is 32.4 Å². The van der Waals surface area contributed by atoms with Gasteiger partial charge in [-0.25, -0.2) is 0 Å². The third-order valence-electron chi connectivity index (χ3n) is 3.46. The highest BCUT2D eigenvalue weighted by atomic mass is 79.9. The van der Waals surface area contributed by atoms with E-state index in [4.69, 9.17) is 4.42 Å². The predicted molar refractivity (Wildman–Crippen MR) is 80.3 cm³/mol. The van der Waals surface area contributed by atoms with Gasteiger partial charge in [-0.3, -0.25) is 9.59 Å². The molecule has 0 fully saturated rings. The summed E-state index contributed by atoms with van der Waals surface area (Å²) in [5.41, 5.74) is 1.63. The van der Waals surface area contributed by atoms with Crippen molar-refractivity contribution in [2.45, 2.75) is 5.92 Å². The van der Waals surface area contributed by atoms with Crippen molar-refractivity contribution in [3.05, 3.63) is 58.0 Å². The van der Waals surface area contributed by atoms with Crippen LogP contribution in [0.15, 0.2) is 45.5 Å². The molecule has 1 atom stereocenters. The lowest BCUT2D eigenvalue weighted by Crippen LogP contribution is -2.40. The van der Waals surface area contributed by atoms with Crippen LogP contribution in [-0.4, -0.2) is 24.9 Å². The summed E-state index contributed by atoms with van der Waals surface area (Å²) in [5, 5.41) is 5.67. The molecular formula is C15H13BrN2O3. The molecule has 2 heterocycles. The summed E-state index contributed by atoms with van der Waals surface area (Å²) in [6.07, 6.45) is 0. The van der Waals surface area contributed by atoms with Gasteiger partial charge in [0.25, 0.3) is 11.8 Å². The minimum Gasteiger partial charge on any atom is -0.444 e. The molecule has 1 aromatic carbocycles. The number of carbonyl (C=O) groups excluding carboxylic acids is 2. The molecule has 6 heteroatoms. The number of hydrogen-bond acceptors (Lipinski definition) is 3. The maximum absolute atomic E-state index is 12.0. The van der Waals surface area contributed by atoms with E-state index in [-0.39, 0.29) is 23.5 Å². The first-order chi connectivity index (χ1) is 10.1. The SMILES string of the molecule is O=C(NCC1CNC(=O)c2ccccc21)c1ccc(Br)o1. The quantitative estimate of drug-likeness (QED) is 0.893. The molecule has 1 unspecified atom stereocenters. The van der Waals surface area contributed by atoms with Crippen molar-refractivity contribution in [1.82, 2.24) is 10.6 Å². The van der Waals surface area contributed by atoms with Gasteiger partial charge in [-0.05, 0) is 39.7 Å². The zero-order chi connectivity index (χ0) is 14.8. The Morgan fingerprint density at radius 2 is 2.14 bits per heavy atom. The topological polar surface area (TPSA) is 71.3 Å². The normalized spacial score (nSPS) is 17.0. The minimum absolute atomic E-state index is 0.0567.